The van der Waals surface area contributed by atoms with Gasteiger partial charge in [-0.3, -0.25) is 4.57 Å². The average Bonchev–Trinajstić information content (AvgIpc) is 2.89. The van der Waals surface area contributed by atoms with Crippen LogP contribution in [0.15, 0.2) is 60.7 Å². The molecule has 0 aliphatic rings. The monoisotopic (exact) mass is 387 g/mol. The normalized spacial score (nSPS) is 12.1. The fourth-order valence-electron chi connectivity index (χ4n) is 3.38. The van der Waals surface area contributed by atoms with E-state index in [9.17, 15) is 13.3 Å². The zero-order valence-corrected chi connectivity index (χ0v) is 15.0. The molecule has 3 aromatic carbocycles. The van der Waals surface area contributed by atoms with E-state index >= 15 is 0 Å². The first kappa shape index (κ1) is 17.9. The van der Waals surface area contributed by atoms with Crippen LogP contribution in [0.3, 0.4) is 0 Å². The van der Waals surface area contributed by atoms with Crippen LogP contribution >= 0.6 is 7.60 Å². The molecule has 0 atom stereocenters. The van der Waals surface area contributed by atoms with Crippen LogP contribution in [0.5, 0.6) is 0 Å². The number of para-hydroxylation sites is 1. The van der Waals surface area contributed by atoms with E-state index in [0.29, 0.717) is 23.0 Å². The van der Waals surface area contributed by atoms with E-state index in [4.69, 9.17) is 9.79 Å². The maximum absolute atomic E-state index is 13.8. The van der Waals surface area contributed by atoms with Crippen molar-refractivity contribution in [2.75, 3.05) is 0 Å². The molecule has 0 aliphatic carbocycles. The molecule has 1 heterocycles. The van der Waals surface area contributed by atoms with Gasteiger partial charge in [0.25, 0.3) is 0 Å². The van der Waals surface area contributed by atoms with Gasteiger partial charge in [-0.05, 0) is 23.3 Å². The topological polar surface area (TPSA) is 62.5 Å². The third-order valence-electron chi connectivity index (χ3n) is 4.57. The van der Waals surface area contributed by atoms with Gasteiger partial charge in [0, 0.05) is 28.9 Å². The molecule has 0 aliphatic heterocycles. The highest BCUT2D eigenvalue weighted by Gasteiger charge is 2.16. The summed E-state index contributed by atoms with van der Waals surface area (Å²) in [6.45, 7) is 0.422. The molecule has 0 radical (unpaired) electrons. The van der Waals surface area contributed by atoms with Gasteiger partial charge in [-0.15, -0.1) is 0 Å². The second-order valence-electron chi connectivity index (χ2n) is 6.53. The Morgan fingerprint density at radius 1 is 0.815 bits per heavy atom. The molecule has 1 aromatic heterocycles. The molecule has 4 rings (SSSR count). The highest BCUT2D eigenvalue weighted by atomic mass is 31.2. The van der Waals surface area contributed by atoms with Crippen LogP contribution < -0.4 is 0 Å². The van der Waals surface area contributed by atoms with Gasteiger partial charge in [0.2, 0.25) is 0 Å². The van der Waals surface area contributed by atoms with E-state index in [1.807, 2.05) is 28.8 Å². The summed E-state index contributed by atoms with van der Waals surface area (Å²) in [4.78, 5) is 18.1. The Morgan fingerprint density at radius 2 is 1.44 bits per heavy atom. The van der Waals surface area contributed by atoms with Gasteiger partial charge < -0.3 is 14.4 Å². The minimum absolute atomic E-state index is 0.312. The highest BCUT2D eigenvalue weighted by Crippen LogP contribution is 2.39. The smallest absolute Gasteiger partial charge is 0.329 e. The molecule has 138 valence electrons. The predicted molar refractivity (Wildman–Crippen MR) is 101 cm³/mol. The van der Waals surface area contributed by atoms with E-state index in [-0.39, 0.29) is 6.16 Å². The van der Waals surface area contributed by atoms with Crippen molar-refractivity contribution in [1.82, 2.24) is 4.57 Å². The lowest BCUT2D eigenvalue weighted by Crippen LogP contribution is -2.00. The van der Waals surface area contributed by atoms with Crippen LogP contribution in [-0.2, 0) is 17.3 Å². The fourth-order valence-corrected chi connectivity index (χ4v) is 4.07. The van der Waals surface area contributed by atoms with Gasteiger partial charge >= 0.3 is 7.60 Å². The largest absolute Gasteiger partial charge is 0.336 e. The molecule has 4 aromatic rings. The molecule has 2 N–H and O–H groups in total. The average molecular weight is 387 g/mol. The van der Waals surface area contributed by atoms with Gasteiger partial charge in [0.15, 0.2) is 11.6 Å². The van der Waals surface area contributed by atoms with Gasteiger partial charge in [-0.2, -0.15) is 0 Å². The Hall–Kier alpha value is -2.53. The Kier molecular flexibility index (Phi) is 4.35. The second-order valence-corrected chi connectivity index (χ2v) is 8.17. The lowest BCUT2D eigenvalue weighted by Gasteiger charge is -2.09. The van der Waals surface area contributed by atoms with E-state index in [0.717, 1.165) is 16.5 Å². The molecule has 0 spiro atoms. The summed E-state index contributed by atoms with van der Waals surface area (Å²) in [6.07, 6.45) is -0.312. The van der Waals surface area contributed by atoms with Crippen molar-refractivity contribution in [2.24, 2.45) is 0 Å². The van der Waals surface area contributed by atoms with E-state index in [1.165, 1.54) is 12.1 Å². The second kappa shape index (κ2) is 6.57. The first-order valence-corrected chi connectivity index (χ1v) is 10.1. The van der Waals surface area contributed by atoms with Crippen molar-refractivity contribution in [3.8, 4) is 0 Å². The number of nitrogens with zero attached hydrogens (tertiary/aromatic N) is 1. The Labute approximate surface area is 153 Å². The molecule has 4 nitrogen and oxygen atoms in total. The number of aromatic nitrogens is 1. The van der Waals surface area contributed by atoms with Crippen LogP contribution in [0, 0.1) is 11.6 Å². The van der Waals surface area contributed by atoms with Crippen LogP contribution in [-0.4, -0.2) is 14.4 Å². The van der Waals surface area contributed by atoms with Gasteiger partial charge in [0.1, 0.15) is 0 Å². The minimum atomic E-state index is -4.12. The summed E-state index contributed by atoms with van der Waals surface area (Å²) in [5.74, 6) is -1.78. The third-order valence-corrected chi connectivity index (χ3v) is 5.34. The van der Waals surface area contributed by atoms with Gasteiger partial charge in [-0.25, -0.2) is 8.78 Å². The van der Waals surface area contributed by atoms with Crippen molar-refractivity contribution >= 4 is 29.4 Å². The minimum Gasteiger partial charge on any atom is -0.336 e. The third kappa shape index (κ3) is 3.52. The van der Waals surface area contributed by atoms with Crippen molar-refractivity contribution in [3.63, 3.8) is 0 Å². The zero-order chi connectivity index (χ0) is 19.2. The SMILES string of the molecule is O=P(O)(O)Cc1ccc(Cn2c3ccccc3c3cc(F)c(F)cc32)cc1. The van der Waals surface area contributed by atoms with Crippen molar-refractivity contribution < 1.29 is 23.1 Å². The van der Waals surface area contributed by atoms with Crippen molar-refractivity contribution in [2.45, 2.75) is 12.7 Å². The van der Waals surface area contributed by atoms with Gasteiger partial charge in [0.05, 0.1) is 11.7 Å². The number of rotatable bonds is 4. The van der Waals surface area contributed by atoms with E-state index in [2.05, 4.69) is 0 Å². The summed E-state index contributed by atoms with van der Waals surface area (Å²) in [5, 5.41) is 1.48. The molecule has 0 amide bonds. The lowest BCUT2D eigenvalue weighted by molar-refractivity contribution is 0.371. The number of hydrogen-bond acceptors (Lipinski definition) is 1. The quantitative estimate of drug-likeness (QED) is 0.495. The standard InChI is InChI=1S/C20H16F2NO3P/c21-17-9-16-15-3-1-2-4-19(15)23(20(16)10-18(17)22)11-13-5-7-14(8-6-13)12-27(24,25)26/h1-10H,11-12H2,(H2,24,25,26). The Bertz CT molecular complexity index is 1200. The van der Waals surface area contributed by atoms with Gasteiger partial charge in [-0.1, -0.05) is 42.5 Å². The molecule has 0 bridgehead atoms. The first-order valence-electron chi connectivity index (χ1n) is 8.30. The zero-order valence-electron chi connectivity index (χ0n) is 14.1. The molecule has 7 heteroatoms. The molecule has 0 unspecified atom stereocenters. The molecule has 0 fully saturated rings. The summed E-state index contributed by atoms with van der Waals surface area (Å²) < 4.78 is 40.6. The van der Waals surface area contributed by atoms with E-state index < -0.39 is 19.2 Å². The predicted octanol–water partition coefficient (Wildman–Crippen LogP) is 4.80. The molecule has 0 saturated carbocycles. The molecular formula is C20H16F2NO3P. The summed E-state index contributed by atoms with van der Waals surface area (Å²) in [7, 11) is -4.12. The number of hydrogen-bond donors (Lipinski definition) is 2. The number of benzene rings is 3. The maximum Gasteiger partial charge on any atom is 0.329 e. The summed E-state index contributed by atoms with van der Waals surface area (Å²) in [6, 6.07) is 16.8. The van der Waals surface area contributed by atoms with Crippen LogP contribution in [0.25, 0.3) is 21.8 Å². The first-order chi connectivity index (χ1) is 12.8. The fraction of sp³-hybridized carbons (Fsp3) is 0.100. The lowest BCUT2D eigenvalue weighted by atomic mass is 10.1. The van der Waals surface area contributed by atoms with Crippen molar-refractivity contribution in [1.29, 1.82) is 0 Å². The van der Waals surface area contributed by atoms with E-state index in [1.54, 1.807) is 24.3 Å². The maximum atomic E-state index is 13.8. The summed E-state index contributed by atoms with van der Waals surface area (Å²) >= 11 is 0. The van der Waals surface area contributed by atoms with Crippen LogP contribution in [0.1, 0.15) is 11.1 Å². The van der Waals surface area contributed by atoms with Crippen LogP contribution in [0.2, 0.25) is 0 Å². The van der Waals surface area contributed by atoms with Crippen LogP contribution in [0.4, 0.5) is 8.78 Å². The van der Waals surface area contributed by atoms with Crippen molar-refractivity contribution in [3.05, 3.63) is 83.4 Å². The number of fused-ring (bicyclic) bond motifs is 3. The highest BCUT2D eigenvalue weighted by molar-refractivity contribution is 7.50. The molecule has 0 saturated heterocycles. The number of halogens is 2. The molecular weight excluding hydrogens is 371 g/mol. The summed E-state index contributed by atoms with van der Waals surface area (Å²) in [5.41, 5.74) is 2.88. The Morgan fingerprint density at radius 3 is 2.15 bits per heavy atom. The Balaban J connectivity index is 1.79. The molecule has 27 heavy (non-hydrogen) atoms.